The van der Waals surface area contributed by atoms with Gasteiger partial charge in [0.2, 0.25) is 6.17 Å². The van der Waals surface area contributed by atoms with Crippen LogP contribution in [0.25, 0.3) is 0 Å². The van der Waals surface area contributed by atoms with Gasteiger partial charge in [-0.15, -0.1) is 0 Å². The van der Waals surface area contributed by atoms with Crippen LogP contribution in [0.3, 0.4) is 0 Å². The average molecular weight is 226 g/mol. The summed E-state index contributed by atoms with van der Waals surface area (Å²) in [5, 5.41) is 8.45. The third kappa shape index (κ3) is 3.88. The summed E-state index contributed by atoms with van der Waals surface area (Å²) in [4.78, 5) is 10.4. The highest BCUT2D eigenvalue weighted by molar-refractivity contribution is 5.72. The highest BCUT2D eigenvalue weighted by atomic mass is 19.1. The Morgan fingerprint density at radius 2 is 2.31 bits per heavy atom. The van der Waals surface area contributed by atoms with E-state index in [-0.39, 0.29) is 6.42 Å². The van der Waals surface area contributed by atoms with Crippen molar-refractivity contribution in [3.8, 4) is 5.75 Å². The molecule has 0 saturated carbocycles. The van der Waals surface area contributed by atoms with Crippen LogP contribution < -0.4 is 4.74 Å². The summed E-state index contributed by atoms with van der Waals surface area (Å²) in [5.41, 5.74) is 0.628. The zero-order chi connectivity index (χ0) is 12.0. The fourth-order valence-corrected chi connectivity index (χ4v) is 1.28. The first-order valence-corrected chi connectivity index (χ1v) is 5.22. The van der Waals surface area contributed by atoms with Crippen molar-refractivity contribution in [2.24, 2.45) is 0 Å². The van der Waals surface area contributed by atoms with Gasteiger partial charge >= 0.3 is 5.97 Å². The van der Waals surface area contributed by atoms with Crippen LogP contribution in [0.2, 0.25) is 0 Å². The van der Waals surface area contributed by atoms with Gasteiger partial charge in [-0.25, -0.2) is 9.18 Å². The van der Waals surface area contributed by atoms with Gasteiger partial charge < -0.3 is 9.84 Å². The minimum absolute atomic E-state index is 0.126. The highest BCUT2D eigenvalue weighted by Gasteiger charge is 2.16. The van der Waals surface area contributed by atoms with E-state index in [1.54, 1.807) is 24.3 Å². The molecule has 1 rings (SSSR count). The van der Waals surface area contributed by atoms with E-state index < -0.39 is 12.1 Å². The summed E-state index contributed by atoms with van der Waals surface area (Å²) in [6.07, 6.45) is -1.09. The molecule has 0 aromatic heterocycles. The summed E-state index contributed by atoms with van der Waals surface area (Å²) < 4.78 is 18.3. The molecule has 0 aliphatic rings. The number of aliphatic carboxylic acids is 1. The van der Waals surface area contributed by atoms with Gasteiger partial charge in [0.1, 0.15) is 5.75 Å². The summed E-state index contributed by atoms with van der Waals surface area (Å²) in [6.45, 7) is 2.59. The van der Waals surface area contributed by atoms with Crippen molar-refractivity contribution in [3.05, 3.63) is 29.8 Å². The smallest absolute Gasteiger partial charge is 0.338 e. The van der Waals surface area contributed by atoms with Crippen molar-refractivity contribution in [1.29, 1.82) is 0 Å². The van der Waals surface area contributed by atoms with Crippen LogP contribution in [-0.4, -0.2) is 23.9 Å². The third-order valence-electron chi connectivity index (χ3n) is 2.05. The molecule has 1 unspecified atom stereocenters. The van der Waals surface area contributed by atoms with Crippen molar-refractivity contribution in [2.45, 2.75) is 25.9 Å². The predicted octanol–water partition coefficient (Wildman–Crippen LogP) is 2.44. The number of carbonyl (C=O) groups is 1. The molecule has 0 bridgehead atoms. The van der Waals surface area contributed by atoms with Crippen molar-refractivity contribution >= 4 is 5.97 Å². The van der Waals surface area contributed by atoms with Gasteiger partial charge in [0, 0.05) is 6.42 Å². The molecule has 0 amide bonds. The minimum atomic E-state index is -1.86. The summed E-state index contributed by atoms with van der Waals surface area (Å²) in [5.74, 6) is -0.781. The van der Waals surface area contributed by atoms with Crippen LogP contribution in [0, 0.1) is 0 Å². The van der Waals surface area contributed by atoms with Crippen molar-refractivity contribution < 1.29 is 19.0 Å². The lowest BCUT2D eigenvalue weighted by molar-refractivity contribution is -0.142. The molecule has 1 aromatic carbocycles. The van der Waals surface area contributed by atoms with Gasteiger partial charge in [0.25, 0.3) is 0 Å². The molecular formula is C12H15FO3. The number of benzene rings is 1. The van der Waals surface area contributed by atoms with Gasteiger partial charge in [0.05, 0.1) is 6.61 Å². The van der Waals surface area contributed by atoms with Crippen LogP contribution >= 0.6 is 0 Å². The third-order valence-corrected chi connectivity index (χ3v) is 2.05. The van der Waals surface area contributed by atoms with E-state index >= 15 is 0 Å². The Kier molecular flexibility index (Phi) is 4.76. The molecule has 1 N–H and O–H groups in total. The molecule has 88 valence electrons. The van der Waals surface area contributed by atoms with Crippen LogP contribution in [-0.2, 0) is 11.2 Å². The van der Waals surface area contributed by atoms with E-state index in [2.05, 4.69) is 0 Å². The number of hydrogen-bond acceptors (Lipinski definition) is 2. The fourth-order valence-electron chi connectivity index (χ4n) is 1.28. The molecule has 0 radical (unpaired) electrons. The molecule has 1 atom stereocenters. The van der Waals surface area contributed by atoms with E-state index in [1.165, 1.54) is 0 Å². The molecule has 16 heavy (non-hydrogen) atoms. The van der Waals surface area contributed by atoms with Crippen LogP contribution in [0.15, 0.2) is 24.3 Å². The second-order valence-electron chi connectivity index (χ2n) is 3.51. The lowest BCUT2D eigenvalue weighted by Crippen LogP contribution is -2.17. The molecule has 0 saturated heterocycles. The van der Waals surface area contributed by atoms with E-state index in [9.17, 15) is 9.18 Å². The summed E-state index contributed by atoms with van der Waals surface area (Å²) >= 11 is 0. The number of hydrogen-bond donors (Lipinski definition) is 1. The standard InChI is InChI=1S/C12H15FO3/c1-2-6-16-10-5-3-4-9(7-10)8-11(13)12(14)15/h3-5,7,11H,2,6,8H2,1H3,(H,14,15). The Hall–Kier alpha value is -1.58. The van der Waals surface area contributed by atoms with Gasteiger partial charge in [0.15, 0.2) is 0 Å². The zero-order valence-corrected chi connectivity index (χ0v) is 9.15. The van der Waals surface area contributed by atoms with Gasteiger partial charge in [-0.05, 0) is 24.1 Å². The van der Waals surface area contributed by atoms with E-state index in [0.29, 0.717) is 17.9 Å². The largest absolute Gasteiger partial charge is 0.494 e. The minimum Gasteiger partial charge on any atom is -0.494 e. The monoisotopic (exact) mass is 226 g/mol. The summed E-state index contributed by atoms with van der Waals surface area (Å²) in [7, 11) is 0. The van der Waals surface area contributed by atoms with Crippen molar-refractivity contribution in [1.82, 2.24) is 0 Å². The quantitative estimate of drug-likeness (QED) is 0.810. The molecule has 0 spiro atoms. The zero-order valence-electron chi connectivity index (χ0n) is 9.15. The second-order valence-corrected chi connectivity index (χ2v) is 3.51. The first-order valence-electron chi connectivity index (χ1n) is 5.22. The Morgan fingerprint density at radius 3 is 2.94 bits per heavy atom. The molecule has 3 nitrogen and oxygen atoms in total. The first kappa shape index (κ1) is 12.5. The lowest BCUT2D eigenvalue weighted by Gasteiger charge is -2.07. The number of halogens is 1. The van der Waals surface area contributed by atoms with Crippen LogP contribution in [0.1, 0.15) is 18.9 Å². The predicted molar refractivity (Wildman–Crippen MR) is 58.5 cm³/mol. The van der Waals surface area contributed by atoms with Crippen molar-refractivity contribution in [3.63, 3.8) is 0 Å². The number of carboxylic acid groups (broad SMARTS) is 1. The normalized spacial score (nSPS) is 12.1. The maximum atomic E-state index is 13.0. The maximum Gasteiger partial charge on any atom is 0.338 e. The molecule has 1 aromatic rings. The van der Waals surface area contributed by atoms with E-state index in [1.807, 2.05) is 6.92 Å². The first-order chi connectivity index (χ1) is 7.63. The molecule has 4 heteroatoms. The van der Waals surface area contributed by atoms with Crippen molar-refractivity contribution in [2.75, 3.05) is 6.61 Å². The Bertz CT molecular complexity index is 352. The molecule has 0 heterocycles. The van der Waals surface area contributed by atoms with Crippen LogP contribution in [0.5, 0.6) is 5.75 Å². The molecular weight excluding hydrogens is 211 g/mol. The number of rotatable bonds is 6. The summed E-state index contributed by atoms with van der Waals surface area (Å²) in [6, 6.07) is 6.86. The molecule has 0 fully saturated rings. The van der Waals surface area contributed by atoms with Crippen LogP contribution in [0.4, 0.5) is 4.39 Å². The van der Waals surface area contributed by atoms with Gasteiger partial charge in [-0.3, -0.25) is 0 Å². The highest BCUT2D eigenvalue weighted by Crippen LogP contribution is 2.15. The number of carboxylic acids is 1. The molecule has 0 aliphatic heterocycles. The maximum absolute atomic E-state index is 13.0. The topological polar surface area (TPSA) is 46.5 Å². The second kappa shape index (κ2) is 6.10. The fraction of sp³-hybridized carbons (Fsp3) is 0.417. The Labute approximate surface area is 93.9 Å². The van der Waals surface area contributed by atoms with Gasteiger partial charge in [-0.2, -0.15) is 0 Å². The van der Waals surface area contributed by atoms with E-state index in [0.717, 1.165) is 6.42 Å². The van der Waals surface area contributed by atoms with E-state index in [4.69, 9.17) is 9.84 Å². The Balaban J connectivity index is 2.63. The SMILES string of the molecule is CCCOc1cccc(CC(F)C(=O)O)c1. The number of ether oxygens (including phenoxy) is 1. The average Bonchev–Trinajstić information content (AvgIpc) is 2.26. The number of alkyl halides is 1. The lowest BCUT2D eigenvalue weighted by atomic mass is 10.1. The Morgan fingerprint density at radius 1 is 1.56 bits per heavy atom. The molecule has 0 aliphatic carbocycles. The van der Waals surface area contributed by atoms with Gasteiger partial charge in [-0.1, -0.05) is 19.1 Å².